The van der Waals surface area contributed by atoms with E-state index >= 15 is 0 Å². The van der Waals surface area contributed by atoms with Gasteiger partial charge in [0.05, 0.1) is 18.8 Å². The number of carboxylic acids is 2. The van der Waals surface area contributed by atoms with E-state index in [-0.39, 0.29) is 18.6 Å². The summed E-state index contributed by atoms with van der Waals surface area (Å²) in [6.45, 7) is 0. The van der Waals surface area contributed by atoms with Crippen molar-refractivity contribution < 1.29 is 34.2 Å². The number of hydrogen-bond acceptors (Lipinski definition) is 8. The first-order valence-corrected chi connectivity index (χ1v) is 12.5. The molecule has 3 aromatic rings. The van der Waals surface area contributed by atoms with Gasteiger partial charge in [-0.05, 0) is 11.6 Å². The summed E-state index contributed by atoms with van der Waals surface area (Å²) in [5, 5.41) is 26.6. The van der Waals surface area contributed by atoms with Gasteiger partial charge in [0.15, 0.2) is 0 Å². The summed E-state index contributed by atoms with van der Waals surface area (Å²) < 4.78 is 0. The Labute approximate surface area is 227 Å². The third-order valence-corrected chi connectivity index (χ3v) is 6.24. The van der Waals surface area contributed by atoms with Crippen LogP contribution in [0.4, 0.5) is 0 Å². The molecule has 0 saturated carbocycles. The lowest BCUT2D eigenvalue weighted by atomic mass is 10.0. The molecule has 3 rings (SSSR count). The minimum Gasteiger partial charge on any atom is -0.481 e. The number of aromatic nitrogens is 3. The van der Waals surface area contributed by atoms with Crippen LogP contribution in [-0.2, 0) is 36.8 Å². The van der Waals surface area contributed by atoms with E-state index in [0.29, 0.717) is 11.3 Å². The molecule has 0 saturated heterocycles. The van der Waals surface area contributed by atoms with Crippen molar-refractivity contribution in [2.45, 2.75) is 43.4 Å². The number of imidazole rings is 1. The number of hydrogen-bond donors (Lipinski definition) is 9. The molecule has 1 aromatic carbocycles. The number of carbonyl (C=O) groups excluding carboxylic acids is 3. The van der Waals surface area contributed by atoms with Crippen LogP contribution in [-0.4, -0.2) is 84.7 Å². The SMILES string of the molecule is NC(CC(=O)O)C(=O)NC(Cc1c[nH]c2ccccc12)C(=O)NC(CS)C(=O)NC(Cc1cnc[nH]1)C(=O)O. The number of fused-ring (bicyclic) bond motifs is 1. The first-order chi connectivity index (χ1) is 18.6. The van der Waals surface area contributed by atoms with E-state index < -0.39 is 60.2 Å². The minimum absolute atomic E-state index is 0.0140. The van der Waals surface area contributed by atoms with Crippen LogP contribution >= 0.6 is 12.6 Å². The molecular weight excluding hydrogens is 530 g/mol. The second-order valence-corrected chi connectivity index (χ2v) is 9.12. The lowest BCUT2D eigenvalue weighted by Crippen LogP contribution is -2.58. The topological polar surface area (TPSA) is 232 Å². The molecule has 4 unspecified atom stereocenters. The number of amides is 3. The Bertz CT molecular complexity index is 1330. The van der Waals surface area contributed by atoms with Gasteiger partial charge in [-0.2, -0.15) is 12.6 Å². The average molecular weight is 560 g/mol. The second-order valence-electron chi connectivity index (χ2n) is 8.75. The molecule has 0 aliphatic carbocycles. The Morgan fingerprint density at radius 2 is 1.59 bits per heavy atom. The van der Waals surface area contributed by atoms with Crippen LogP contribution in [0.15, 0.2) is 43.0 Å². The number of nitrogens with two attached hydrogens (primary N) is 1. The second kappa shape index (κ2) is 13.4. The predicted octanol–water partition coefficient (Wildman–Crippen LogP) is -1.05. The summed E-state index contributed by atoms with van der Waals surface area (Å²) >= 11 is 4.12. The summed E-state index contributed by atoms with van der Waals surface area (Å²) in [7, 11) is 0. The van der Waals surface area contributed by atoms with Crippen molar-refractivity contribution >= 4 is 53.2 Å². The van der Waals surface area contributed by atoms with Crippen LogP contribution in [0.2, 0.25) is 0 Å². The Balaban J connectivity index is 1.76. The Hall–Kier alpha value is -4.37. The summed E-state index contributed by atoms with van der Waals surface area (Å²) in [5.74, 6) is -5.20. The Morgan fingerprint density at radius 1 is 0.923 bits per heavy atom. The van der Waals surface area contributed by atoms with Gasteiger partial charge in [-0.25, -0.2) is 9.78 Å². The maximum absolute atomic E-state index is 13.3. The standard InChI is InChI=1S/C24H29N7O7S/c25-15(7-20(32)33)21(34)29-17(5-12-8-27-16-4-2-1-3-14(12)16)22(35)31-19(10-39)23(36)30-18(24(37)38)6-13-9-26-11-28-13/h1-4,8-9,11,15,17-19,27,39H,5-7,10,25H2,(H,26,28)(H,29,34)(H,30,36)(H,31,35)(H,32,33)(H,37,38). The zero-order valence-corrected chi connectivity index (χ0v) is 21.5. The molecule has 15 heteroatoms. The normalized spacial score (nSPS) is 14.1. The van der Waals surface area contributed by atoms with Gasteiger partial charge in [-0.1, -0.05) is 18.2 Å². The molecule has 0 fully saturated rings. The van der Waals surface area contributed by atoms with Gasteiger partial charge in [0, 0.05) is 47.6 Å². The van der Waals surface area contributed by atoms with E-state index in [1.54, 1.807) is 12.3 Å². The fraction of sp³-hybridized carbons (Fsp3) is 0.333. The molecule has 0 bridgehead atoms. The average Bonchev–Trinajstić information content (AvgIpc) is 3.55. The van der Waals surface area contributed by atoms with Crippen LogP contribution in [0.1, 0.15) is 17.7 Å². The number of aromatic amines is 2. The smallest absolute Gasteiger partial charge is 0.326 e. The number of nitrogens with zero attached hydrogens (tertiary/aromatic N) is 1. The van der Waals surface area contributed by atoms with Crippen LogP contribution in [0.5, 0.6) is 0 Å². The monoisotopic (exact) mass is 559 g/mol. The fourth-order valence-corrected chi connectivity index (χ4v) is 4.10. The quantitative estimate of drug-likeness (QED) is 0.109. The minimum atomic E-state index is -1.41. The number of carboxylic acid groups (broad SMARTS) is 2. The zero-order valence-electron chi connectivity index (χ0n) is 20.6. The molecule has 0 spiro atoms. The Kier molecular flexibility index (Phi) is 10.1. The molecular formula is C24H29N7O7S. The first-order valence-electron chi connectivity index (χ1n) is 11.8. The van der Waals surface area contributed by atoms with E-state index in [4.69, 9.17) is 10.8 Å². The molecule has 0 aliphatic rings. The number of carbonyl (C=O) groups is 5. The molecule has 0 aliphatic heterocycles. The summed E-state index contributed by atoms with van der Waals surface area (Å²) in [4.78, 5) is 71.1. The summed E-state index contributed by atoms with van der Waals surface area (Å²) in [6.07, 6.45) is 3.73. The summed E-state index contributed by atoms with van der Waals surface area (Å²) in [6, 6.07) is 2.07. The van der Waals surface area contributed by atoms with E-state index in [1.807, 2.05) is 18.2 Å². The van der Waals surface area contributed by atoms with Crippen LogP contribution in [0.3, 0.4) is 0 Å². The van der Waals surface area contributed by atoms with Crippen molar-refractivity contribution in [1.29, 1.82) is 0 Å². The highest BCUT2D eigenvalue weighted by Crippen LogP contribution is 2.19. The molecule has 3 amide bonds. The van der Waals surface area contributed by atoms with Gasteiger partial charge >= 0.3 is 11.9 Å². The van der Waals surface area contributed by atoms with Crippen molar-refractivity contribution in [3.8, 4) is 0 Å². The van der Waals surface area contributed by atoms with Gasteiger partial charge in [-0.3, -0.25) is 19.2 Å². The molecule has 0 radical (unpaired) electrons. The number of rotatable bonds is 14. The van der Waals surface area contributed by atoms with Crippen molar-refractivity contribution in [1.82, 2.24) is 30.9 Å². The number of aliphatic carboxylic acids is 2. The van der Waals surface area contributed by atoms with Crippen LogP contribution < -0.4 is 21.7 Å². The third-order valence-electron chi connectivity index (χ3n) is 5.87. The van der Waals surface area contributed by atoms with Gasteiger partial charge in [0.25, 0.3) is 0 Å². The van der Waals surface area contributed by atoms with Crippen molar-refractivity contribution in [3.05, 3.63) is 54.2 Å². The highest BCUT2D eigenvalue weighted by Gasteiger charge is 2.31. The first kappa shape index (κ1) is 29.2. The van der Waals surface area contributed by atoms with E-state index in [2.05, 4.69) is 43.5 Å². The number of benzene rings is 1. The lowest BCUT2D eigenvalue weighted by molar-refractivity contribution is -0.142. The van der Waals surface area contributed by atoms with E-state index in [9.17, 15) is 29.1 Å². The maximum Gasteiger partial charge on any atom is 0.326 e. The Morgan fingerprint density at radius 3 is 2.23 bits per heavy atom. The molecule has 39 heavy (non-hydrogen) atoms. The van der Waals surface area contributed by atoms with Crippen LogP contribution in [0, 0.1) is 0 Å². The molecule has 14 nitrogen and oxygen atoms in total. The molecule has 208 valence electrons. The fourth-order valence-electron chi connectivity index (χ4n) is 3.84. The number of para-hydroxylation sites is 1. The van der Waals surface area contributed by atoms with Crippen molar-refractivity contribution in [2.75, 3.05) is 5.75 Å². The summed E-state index contributed by atoms with van der Waals surface area (Å²) in [5.41, 5.74) is 7.63. The third kappa shape index (κ3) is 8.05. The van der Waals surface area contributed by atoms with Gasteiger partial charge < -0.3 is 41.9 Å². The lowest BCUT2D eigenvalue weighted by Gasteiger charge is -2.24. The molecule has 4 atom stereocenters. The van der Waals surface area contributed by atoms with Crippen LogP contribution in [0.25, 0.3) is 10.9 Å². The molecule has 9 N–H and O–H groups in total. The van der Waals surface area contributed by atoms with Gasteiger partial charge in [-0.15, -0.1) is 0 Å². The molecule has 2 aromatic heterocycles. The van der Waals surface area contributed by atoms with E-state index in [0.717, 1.165) is 10.9 Å². The van der Waals surface area contributed by atoms with Crippen molar-refractivity contribution in [2.24, 2.45) is 5.73 Å². The highest BCUT2D eigenvalue weighted by atomic mass is 32.1. The largest absolute Gasteiger partial charge is 0.481 e. The van der Waals surface area contributed by atoms with E-state index in [1.165, 1.54) is 12.5 Å². The zero-order chi connectivity index (χ0) is 28.5. The number of H-pyrrole nitrogens is 2. The van der Waals surface area contributed by atoms with Gasteiger partial charge in [0.1, 0.15) is 18.1 Å². The van der Waals surface area contributed by atoms with Crippen molar-refractivity contribution in [3.63, 3.8) is 0 Å². The highest BCUT2D eigenvalue weighted by molar-refractivity contribution is 7.80. The van der Waals surface area contributed by atoms with Gasteiger partial charge in [0.2, 0.25) is 17.7 Å². The number of nitrogens with one attached hydrogen (secondary N) is 5. The predicted molar refractivity (Wildman–Crippen MR) is 142 cm³/mol. The maximum atomic E-state index is 13.3. The molecule has 2 heterocycles. The number of thiol groups is 1.